The number of allylic oxidation sites excluding steroid dienone is 1. The van der Waals surface area contributed by atoms with Crippen molar-refractivity contribution in [3.8, 4) is 0 Å². The van der Waals surface area contributed by atoms with Gasteiger partial charge in [-0.25, -0.2) is 0 Å². The van der Waals surface area contributed by atoms with E-state index in [1.165, 1.54) is 69.8 Å². The molecule has 0 aromatic heterocycles. The van der Waals surface area contributed by atoms with E-state index < -0.39 is 23.8 Å². The molecule has 3 N–H and O–H groups in total. The van der Waals surface area contributed by atoms with Crippen LogP contribution in [-0.2, 0) is 9.59 Å². The summed E-state index contributed by atoms with van der Waals surface area (Å²) in [6, 6.07) is -0.799. The van der Waals surface area contributed by atoms with E-state index in [9.17, 15) is 19.8 Å². The molecule has 0 unspecified atom stereocenters. The topological polar surface area (TPSA) is 86.6 Å². The highest BCUT2D eigenvalue weighted by molar-refractivity contribution is 6.36. The van der Waals surface area contributed by atoms with Crippen LogP contribution in [0.2, 0.25) is 0 Å². The number of aliphatic hydroxyl groups is 2. The summed E-state index contributed by atoms with van der Waals surface area (Å²) in [5.74, 6) is -1.15. The Morgan fingerprint density at radius 1 is 0.812 bits per heavy atom. The molecule has 0 fully saturated rings. The molecule has 0 saturated heterocycles. The van der Waals surface area contributed by atoms with Gasteiger partial charge in [-0.2, -0.15) is 0 Å². The summed E-state index contributed by atoms with van der Waals surface area (Å²) >= 11 is 0. The third-order valence-corrected chi connectivity index (χ3v) is 6.58. The van der Waals surface area contributed by atoms with E-state index in [-0.39, 0.29) is 13.0 Å². The Hall–Kier alpha value is -1.20. The lowest BCUT2D eigenvalue weighted by molar-refractivity contribution is -0.139. The highest BCUT2D eigenvalue weighted by Crippen LogP contribution is 2.38. The van der Waals surface area contributed by atoms with Crippen molar-refractivity contribution < 1.29 is 19.8 Å². The molecule has 0 saturated carbocycles. The zero-order chi connectivity index (χ0) is 23.6. The highest BCUT2D eigenvalue weighted by atomic mass is 16.3. The maximum Gasteiger partial charge on any atom is 0.287 e. The second kappa shape index (κ2) is 18.3. The van der Waals surface area contributed by atoms with Gasteiger partial charge in [-0.15, -0.1) is 0 Å². The zero-order valence-electron chi connectivity index (χ0n) is 20.8. The molecule has 186 valence electrons. The smallest absolute Gasteiger partial charge is 0.287 e. The molecule has 0 aliphatic heterocycles. The Balaban J connectivity index is 2.17. The molecular weight excluding hydrogens is 402 g/mol. The number of carbonyl (C=O) groups is 2. The zero-order valence-corrected chi connectivity index (χ0v) is 20.8. The van der Waals surface area contributed by atoms with Gasteiger partial charge in [0, 0.05) is 6.42 Å². The van der Waals surface area contributed by atoms with Gasteiger partial charge in [-0.3, -0.25) is 9.59 Å². The quantitative estimate of drug-likeness (QED) is 0.111. The Morgan fingerprint density at radius 3 is 1.84 bits per heavy atom. The molecule has 1 aliphatic rings. The molecule has 5 nitrogen and oxygen atoms in total. The third kappa shape index (κ3) is 12.7. The number of hydrogen-bond donors (Lipinski definition) is 3. The van der Waals surface area contributed by atoms with Gasteiger partial charge < -0.3 is 15.5 Å². The van der Waals surface area contributed by atoms with Gasteiger partial charge in [-0.05, 0) is 31.3 Å². The number of amides is 1. The van der Waals surface area contributed by atoms with Crippen LogP contribution in [0.4, 0.5) is 0 Å². The molecule has 1 aliphatic carbocycles. The second-order valence-corrected chi connectivity index (χ2v) is 9.53. The molecule has 32 heavy (non-hydrogen) atoms. The summed E-state index contributed by atoms with van der Waals surface area (Å²) < 4.78 is 0. The van der Waals surface area contributed by atoms with Crippen molar-refractivity contribution in [3.05, 3.63) is 11.1 Å². The van der Waals surface area contributed by atoms with Crippen LogP contribution in [0.1, 0.15) is 129 Å². The summed E-state index contributed by atoms with van der Waals surface area (Å²) in [7, 11) is 0. The number of carbonyl (C=O) groups excluding carboxylic acids is 2. The number of nitrogens with one attached hydrogen (secondary N) is 1. The maximum absolute atomic E-state index is 12.1. The molecule has 0 heterocycles. The van der Waals surface area contributed by atoms with Crippen LogP contribution in [0, 0.1) is 0 Å². The molecule has 0 radical (unpaired) electrons. The van der Waals surface area contributed by atoms with Crippen LogP contribution in [0.3, 0.4) is 0 Å². The number of hydrogen-bond acceptors (Lipinski definition) is 4. The monoisotopic (exact) mass is 451 g/mol. The van der Waals surface area contributed by atoms with Crippen LogP contribution in [0.5, 0.6) is 0 Å². The molecule has 0 spiro atoms. The third-order valence-electron chi connectivity index (χ3n) is 6.58. The Labute approximate surface area is 196 Å². The molecular formula is C27H49NO4. The average Bonchev–Trinajstić information content (AvgIpc) is 3.57. The van der Waals surface area contributed by atoms with Crippen molar-refractivity contribution in [2.24, 2.45) is 0 Å². The second-order valence-electron chi connectivity index (χ2n) is 9.53. The largest absolute Gasteiger partial charge is 0.394 e. The first-order valence-electron chi connectivity index (χ1n) is 13.4. The molecule has 5 heteroatoms. The summed E-state index contributed by atoms with van der Waals surface area (Å²) in [5.41, 5.74) is 2.19. The minimum atomic E-state index is -0.889. The summed E-state index contributed by atoms with van der Waals surface area (Å²) in [6.45, 7) is 3.98. The predicted octanol–water partition coefficient (Wildman–Crippen LogP) is 5.77. The lowest BCUT2D eigenvalue weighted by Crippen LogP contribution is -2.48. The van der Waals surface area contributed by atoms with E-state index >= 15 is 0 Å². The standard InChI is InChI=1S/C27H49NO4/c1-3-5-7-9-10-11-12-13-14-15-16-18-22-20-23(22)26(31)24(21-29)28-27(32)25(30)19-17-8-6-4-2/h24,26,29,31H,3-21H2,1-2H3,(H,28,32)/t24-,26+/m0/s1. The number of unbranched alkanes of at least 4 members (excludes halogenated alkanes) is 13. The highest BCUT2D eigenvalue weighted by Gasteiger charge is 2.34. The Kier molecular flexibility index (Phi) is 16.4. The normalized spacial score (nSPS) is 15.0. The van der Waals surface area contributed by atoms with Crippen LogP contribution >= 0.6 is 0 Å². The van der Waals surface area contributed by atoms with Gasteiger partial charge in [-0.1, -0.05) is 103 Å². The van der Waals surface area contributed by atoms with Crippen molar-refractivity contribution in [1.82, 2.24) is 5.32 Å². The van der Waals surface area contributed by atoms with Gasteiger partial charge >= 0.3 is 0 Å². The summed E-state index contributed by atoms with van der Waals surface area (Å²) in [6.07, 6.45) is 19.4. The number of aliphatic hydroxyl groups excluding tert-OH is 2. The van der Waals surface area contributed by atoms with Gasteiger partial charge in [0.2, 0.25) is 5.78 Å². The van der Waals surface area contributed by atoms with E-state index in [2.05, 4.69) is 19.2 Å². The van der Waals surface area contributed by atoms with Crippen molar-refractivity contribution in [2.45, 2.75) is 142 Å². The van der Waals surface area contributed by atoms with E-state index in [0.717, 1.165) is 44.1 Å². The van der Waals surface area contributed by atoms with Gasteiger partial charge in [0.05, 0.1) is 18.8 Å². The molecule has 1 amide bonds. The van der Waals surface area contributed by atoms with Crippen molar-refractivity contribution in [3.63, 3.8) is 0 Å². The fraction of sp³-hybridized carbons (Fsp3) is 0.852. The van der Waals surface area contributed by atoms with E-state index in [1.807, 2.05) is 0 Å². The lowest BCUT2D eigenvalue weighted by Gasteiger charge is -2.20. The maximum atomic E-state index is 12.1. The van der Waals surface area contributed by atoms with Crippen LogP contribution in [-0.4, -0.2) is 40.7 Å². The van der Waals surface area contributed by atoms with Gasteiger partial charge in [0.25, 0.3) is 5.91 Å². The Bertz CT molecular complexity index is 558. The summed E-state index contributed by atoms with van der Waals surface area (Å²) in [4.78, 5) is 24.1. The fourth-order valence-electron chi connectivity index (χ4n) is 4.29. The number of rotatable bonds is 22. The lowest BCUT2D eigenvalue weighted by atomic mass is 10.0. The van der Waals surface area contributed by atoms with Crippen LogP contribution in [0.25, 0.3) is 0 Å². The van der Waals surface area contributed by atoms with E-state index in [1.54, 1.807) is 0 Å². The molecule has 0 aromatic carbocycles. The summed E-state index contributed by atoms with van der Waals surface area (Å²) in [5, 5.41) is 22.7. The van der Waals surface area contributed by atoms with Crippen molar-refractivity contribution in [2.75, 3.05) is 6.61 Å². The van der Waals surface area contributed by atoms with Gasteiger partial charge in [0.1, 0.15) is 0 Å². The van der Waals surface area contributed by atoms with E-state index in [0.29, 0.717) is 6.42 Å². The first kappa shape index (κ1) is 28.8. The number of Topliss-reactive ketones (excluding diaryl/α,β-unsaturated/α-hetero) is 1. The Morgan fingerprint density at radius 2 is 1.31 bits per heavy atom. The molecule has 1 rings (SSSR count). The van der Waals surface area contributed by atoms with Crippen molar-refractivity contribution in [1.29, 1.82) is 0 Å². The first-order valence-corrected chi connectivity index (χ1v) is 13.4. The van der Waals surface area contributed by atoms with E-state index in [4.69, 9.17) is 0 Å². The molecule has 2 atom stereocenters. The van der Waals surface area contributed by atoms with Crippen LogP contribution < -0.4 is 5.32 Å². The predicted molar refractivity (Wildman–Crippen MR) is 132 cm³/mol. The van der Waals surface area contributed by atoms with Crippen LogP contribution in [0.15, 0.2) is 11.1 Å². The average molecular weight is 452 g/mol. The first-order chi connectivity index (χ1) is 15.5. The molecule has 0 aromatic rings. The minimum Gasteiger partial charge on any atom is -0.394 e. The fourth-order valence-corrected chi connectivity index (χ4v) is 4.29. The van der Waals surface area contributed by atoms with Crippen molar-refractivity contribution >= 4 is 11.7 Å². The minimum absolute atomic E-state index is 0.229. The molecule has 0 bridgehead atoms. The number of ketones is 1. The van der Waals surface area contributed by atoms with Gasteiger partial charge in [0.15, 0.2) is 0 Å². The SMILES string of the molecule is CCCCCCCCCCCCCC1=C([C@@H](O)[C@H](CO)NC(=O)C(=O)CCCCCC)C1.